The second-order valence-electron chi connectivity index (χ2n) is 4.66. The van der Waals surface area contributed by atoms with E-state index in [-0.39, 0.29) is 5.92 Å². The van der Waals surface area contributed by atoms with Crippen LogP contribution >= 0.6 is 0 Å². The Kier molecular flexibility index (Phi) is 4.95. The monoisotopic (exact) mass is 232 g/mol. The quantitative estimate of drug-likeness (QED) is 0.761. The standard InChI is InChI=1S/C15H20O2/c1-11(2)8-9-14(15(16)17)10-13-7-5-4-6-12(13)3/h4-7,14H,1,8-10H2,2-3H3,(H,16,17). The molecule has 17 heavy (non-hydrogen) atoms. The van der Waals surface area contributed by atoms with Crippen LogP contribution in [0.1, 0.15) is 30.9 Å². The van der Waals surface area contributed by atoms with Crippen molar-refractivity contribution in [1.29, 1.82) is 0 Å². The van der Waals surface area contributed by atoms with Crippen molar-refractivity contribution in [2.24, 2.45) is 5.92 Å². The number of carboxylic acids is 1. The van der Waals surface area contributed by atoms with Crippen LogP contribution in [-0.2, 0) is 11.2 Å². The molecule has 0 aliphatic rings. The van der Waals surface area contributed by atoms with Gasteiger partial charge in [0, 0.05) is 0 Å². The molecular weight excluding hydrogens is 212 g/mol. The average Bonchev–Trinajstić information content (AvgIpc) is 2.25. The zero-order chi connectivity index (χ0) is 12.8. The van der Waals surface area contributed by atoms with E-state index in [9.17, 15) is 9.90 Å². The smallest absolute Gasteiger partial charge is 0.306 e. The Morgan fingerprint density at radius 1 is 1.41 bits per heavy atom. The molecule has 0 aliphatic carbocycles. The molecule has 1 unspecified atom stereocenters. The summed E-state index contributed by atoms with van der Waals surface area (Å²) in [4.78, 5) is 11.2. The molecule has 0 amide bonds. The van der Waals surface area contributed by atoms with Crippen molar-refractivity contribution in [3.8, 4) is 0 Å². The highest BCUT2D eigenvalue weighted by Gasteiger charge is 2.18. The summed E-state index contributed by atoms with van der Waals surface area (Å²) in [6.45, 7) is 7.78. The summed E-state index contributed by atoms with van der Waals surface area (Å²) in [7, 11) is 0. The molecule has 0 spiro atoms. The Morgan fingerprint density at radius 3 is 2.59 bits per heavy atom. The highest BCUT2D eigenvalue weighted by Crippen LogP contribution is 2.19. The van der Waals surface area contributed by atoms with Gasteiger partial charge < -0.3 is 5.11 Å². The van der Waals surface area contributed by atoms with Crippen molar-refractivity contribution >= 4 is 5.97 Å². The Hall–Kier alpha value is -1.57. The molecule has 0 radical (unpaired) electrons. The lowest BCUT2D eigenvalue weighted by Gasteiger charge is -2.13. The summed E-state index contributed by atoms with van der Waals surface area (Å²) in [5.74, 6) is -1.03. The summed E-state index contributed by atoms with van der Waals surface area (Å²) in [6.07, 6.45) is 2.05. The molecule has 2 nitrogen and oxygen atoms in total. The number of allylic oxidation sites excluding steroid dienone is 1. The van der Waals surface area contributed by atoms with Gasteiger partial charge in [0.1, 0.15) is 0 Å². The Bertz CT molecular complexity index is 407. The third-order valence-corrected chi connectivity index (χ3v) is 3.00. The van der Waals surface area contributed by atoms with E-state index in [1.807, 2.05) is 38.1 Å². The Morgan fingerprint density at radius 2 is 2.06 bits per heavy atom. The van der Waals surface area contributed by atoms with Crippen LogP contribution in [0.25, 0.3) is 0 Å². The summed E-state index contributed by atoms with van der Waals surface area (Å²) in [5, 5.41) is 9.21. The van der Waals surface area contributed by atoms with Crippen LogP contribution in [0.4, 0.5) is 0 Å². The SMILES string of the molecule is C=C(C)CCC(Cc1ccccc1C)C(=O)O. The number of rotatable bonds is 6. The number of carbonyl (C=O) groups is 1. The van der Waals surface area contributed by atoms with E-state index < -0.39 is 5.97 Å². The Balaban J connectivity index is 2.70. The predicted molar refractivity (Wildman–Crippen MR) is 70.1 cm³/mol. The summed E-state index contributed by atoms with van der Waals surface area (Å²) in [5.41, 5.74) is 3.33. The van der Waals surface area contributed by atoms with Crippen molar-refractivity contribution in [1.82, 2.24) is 0 Å². The highest BCUT2D eigenvalue weighted by molar-refractivity contribution is 5.70. The Labute approximate surface area is 103 Å². The van der Waals surface area contributed by atoms with Gasteiger partial charge >= 0.3 is 5.97 Å². The zero-order valence-corrected chi connectivity index (χ0v) is 10.6. The maximum Gasteiger partial charge on any atom is 0.306 e. The van der Waals surface area contributed by atoms with E-state index in [4.69, 9.17) is 0 Å². The molecule has 2 heteroatoms. The summed E-state index contributed by atoms with van der Waals surface area (Å²) >= 11 is 0. The van der Waals surface area contributed by atoms with Crippen LogP contribution in [0, 0.1) is 12.8 Å². The molecule has 92 valence electrons. The molecule has 0 fully saturated rings. The average molecular weight is 232 g/mol. The molecule has 0 aromatic heterocycles. The molecule has 1 rings (SSSR count). The second-order valence-corrected chi connectivity index (χ2v) is 4.66. The number of carboxylic acid groups (broad SMARTS) is 1. The van der Waals surface area contributed by atoms with Crippen molar-refractivity contribution in [2.45, 2.75) is 33.1 Å². The predicted octanol–water partition coefficient (Wildman–Crippen LogP) is 3.59. The minimum absolute atomic E-state index is 0.312. The summed E-state index contributed by atoms with van der Waals surface area (Å²) in [6, 6.07) is 7.96. The number of aliphatic carboxylic acids is 1. The highest BCUT2D eigenvalue weighted by atomic mass is 16.4. The van der Waals surface area contributed by atoms with E-state index >= 15 is 0 Å². The first-order valence-electron chi connectivity index (χ1n) is 5.92. The first-order chi connectivity index (χ1) is 8.00. The van der Waals surface area contributed by atoms with Crippen LogP contribution in [0.5, 0.6) is 0 Å². The molecule has 1 aromatic carbocycles. The van der Waals surface area contributed by atoms with Gasteiger partial charge in [-0.1, -0.05) is 29.8 Å². The molecule has 1 aromatic rings. The number of hydrogen-bond donors (Lipinski definition) is 1. The van der Waals surface area contributed by atoms with Gasteiger partial charge in [-0.25, -0.2) is 0 Å². The lowest BCUT2D eigenvalue weighted by atomic mass is 9.91. The fourth-order valence-corrected chi connectivity index (χ4v) is 1.84. The zero-order valence-electron chi connectivity index (χ0n) is 10.6. The maximum atomic E-state index is 11.2. The lowest BCUT2D eigenvalue weighted by Crippen LogP contribution is -2.17. The van der Waals surface area contributed by atoms with Crippen LogP contribution in [0.2, 0.25) is 0 Å². The molecule has 0 heterocycles. The molecule has 1 N–H and O–H groups in total. The first-order valence-corrected chi connectivity index (χ1v) is 5.92. The molecule has 0 aliphatic heterocycles. The molecule has 0 bridgehead atoms. The van der Waals surface area contributed by atoms with Crippen molar-refractivity contribution in [2.75, 3.05) is 0 Å². The molecule has 0 saturated carbocycles. The van der Waals surface area contributed by atoms with Gasteiger partial charge in [0.05, 0.1) is 5.92 Å². The minimum atomic E-state index is -0.713. The van der Waals surface area contributed by atoms with Crippen molar-refractivity contribution in [3.63, 3.8) is 0 Å². The largest absolute Gasteiger partial charge is 0.481 e. The van der Waals surface area contributed by atoms with Gasteiger partial charge in [0.25, 0.3) is 0 Å². The molecule has 0 saturated heterocycles. The van der Waals surface area contributed by atoms with Crippen LogP contribution in [0.15, 0.2) is 36.4 Å². The van der Waals surface area contributed by atoms with Crippen LogP contribution < -0.4 is 0 Å². The van der Waals surface area contributed by atoms with E-state index in [0.29, 0.717) is 12.8 Å². The number of aryl methyl sites for hydroxylation is 1. The molecular formula is C15H20O2. The van der Waals surface area contributed by atoms with Gasteiger partial charge in [-0.05, 0) is 44.2 Å². The van der Waals surface area contributed by atoms with Gasteiger partial charge in [-0.15, -0.1) is 6.58 Å². The van der Waals surface area contributed by atoms with Gasteiger partial charge in [0.15, 0.2) is 0 Å². The van der Waals surface area contributed by atoms with E-state index in [1.165, 1.54) is 0 Å². The lowest BCUT2D eigenvalue weighted by molar-refractivity contribution is -0.141. The topological polar surface area (TPSA) is 37.3 Å². The van der Waals surface area contributed by atoms with E-state index in [1.54, 1.807) is 0 Å². The fourth-order valence-electron chi connectivity index (χ4n) is 1.84. The van der Waals surface area contributed by atoms with Gasteiger partial charge in [0.2, 0.25) is 0 Å². The van der Waals surface area contributed by atoms with Crippen LogP contribution in [-0.4, -0.2) is 11.1 Å². The van der Waals surface area contributed by atoms with Crippen LogP contribution in [0.3, 0.4) is 0 Å². The minimum Gasteiger partial charge on any atom is -0.481 e. The fraction of sp³-hybridized carbons (Fsp3) is 0.400. The summed E-state index contributed by atoms with van der Waals surface area (Å²) < 4.78 is 0. The number of benzene rings is 1. The first kappa shape index (κ1) is 13.5. The van der Waals surface area contributed by atoms with Gasteiger partial charge in [-0.2, -0.15) is 0 Å². The van der Waals surface area contributed by atoms with Crippen molar-refractivity contribution < 1.29 is 9.90 Å². The second kappa shape index (κ2) is 6.24. The van der Waals surface area contributed by atoms with E-state index in [2.05, 4.69) is 6.58 Å². The van der Waals surface area contributed by atoms with Crippen molar-refractivity contribution in [3.05, 3.63) is 47.5 Å². The molecule has 1 atom stereocenters. The normalized spacial score (nSPS) is 12.1. The third kappa shape index (κ3) is 4.43. The van der Waals surface area contributed by atoms with Gasteiger partial charge in [-0.3, -0.25) is 4.79 Å². The maximum absolute atomic E-state index is 11.2. The van der Waals surface area contributed by atoms with E-state index in [0.717, 1.165) is 23.1 Å². The number of hydrogen-bond acceptors (Lipinski definition) is 1. The third-order valence-electron chi connectivity index (χ3n) is 3.00.